The van der Waals surface area contributed by atoms with Gasteiger partial charge in [0.25, 0.3) is 5.91 Å². The number of nitrogens with zero attached hydrogens (tertiary/aromatic N) is 2. The maximum Gasteiger partial charge on any atom is 0.254 e. The maximum atomic E-state index is 13.8. The third-order valence-electron chi connectivity index (χ3n) is 8.94. The zero-order valence-corrected chi connectivity index (χ0v) is 24.3. The lowest BCUT2D eigenvalue weighted by atomic mass is 9.82. The van der Waals surface area contributed by atoms with Crippen LogP contribution in [0.15, 0.2) is 36.4 Å². The van der Waals surface area contributed by atoms with Crippen LogP contribution in [0.25, 0.3) is 0 Å². The first kappa shape index (κ1) is 28.1. The van der Waals surface area contributed by atoms with Gasteiger partial charge >= 0.3 is 0 Å². The Bertz CT molecular complexity index is 1120. The minimum atomic E-state index is -0.478. The van der Waals surface area contributed by atoms with Crippen LogP contribution in [0.4, 0.5) is 0 Å². The molecule has 1 aliphatic heterocycles. The lowest BCUT2D eigenvalue weighted by molar-refractivity contribution is -0.128. The number of carbonyl (C=O) groups is 2. The van der Waals surface area contributed by atoms with Crippen LogP contribution in [0, 0.1) is 18.8 Å². The average Bonchev–Trinajstić information content (AvgIpc) is 3.74. The number of benzene rings is 1. The van der Waals surface area contributed by atoms with Crippen molar-refractivity contribution >= 4 is 23.2 Å². The van der Waals surface area contributed by atoms with E-state index < -0.39 is 6.04 Å². The Morgan fingerprint density at radius 1 is 1.05 bits per heavy atom. The lowest BCUT2D eigenvalue weighted by Crippen LogP contribution is -2.58. The molecule has 1 saturated heterocycles. The smallest absolute Gasteiger partial charge is 0.254 e. The first-order valence-electron chi connectivity index (χ1n) is 14.7. The number of hydrogen-bond donors (Lipinski definition) is 2. The Balaban J connectivity index is 1.31. The van der Waals surface area contributed by atoms with Crippen LogP contribution >= 0.6 is 11.3 Å². The second-order valence-electron chi connectivity index (χ2n) is 11.7. The zero-order chi connectivity index (χ0) is 27.4. The molecule has 2 atom stereocenters. The summed E-state index contributed by atoms with van der Waals surface area (Å²) >= 11 is 1.86. The molecule has 0 radical (unpaired) electrons. The summed E-state index contributed by atoms with van der Waals surface area (Å²) in [7, 11) is 1.61. The summed E-state index contributed by atoms with van der Waals surface area (Å²) in [5, 5.41) is 3.27. The molecule has 2 aliphatic carbocycles. The number of nitrogens with two attached hydrogens (primary N) is 1. The normalized spacial score (nSPS) is 25.5. The van der Waals surface area contributed by atoms with E-state index in [1.54, 1.807) is 13.2 Å². The van der Waals surface area contributed by atoms with E-state index >= 15 is 0 Å². The third-order valence-corrected chi connectivity index (χ3v) is 9.92. The fourth-order valence-electron chi connectivity index (χ4n) is 6.41. The Labute approximate surface area is 237 Å². The monoisotopic (exact) mass is 552 g/mol. The topological polar surface area (TPSA) is 87.9 Å². The highest BCUT2D eigenvalue weighted by atomic mass is 32.1. The first-order chi connectivity index (χ1) is 18.9. The summed E-state index contributed by atoms with van der Waals surface area (Å²) < 4.78 is 5.36. The van der Waals surface area contributed by atoms with Crippen molar-refractivity contribution in [2.24, 2.45) is 17.6 Å². The van der Waals surface area contributed by atoms with Gasteiger partial charge in [0.2, 0.25) is 5.91 Å². The molecular formula is C31H44N4O3S. The zero-order valence-electron chi connectivity index (χ0n) is 23.4. The molecule has 39 heavy (non-hydrogen) atoms. The highest BCUT2D eigenvalue weighted by molar-refractivity contribution is 7.11. The molecule has 7 nitrogen and oxygen atoms in total. The molecule has 8 heteroatoms. The van der Waals surface area contributed by atoms with Gasteiger partial charge in [0.05, 0.1) is 7.11 Å². The molecule has 3 fully saturated rings. The molecule has 0 bridgehead atoms. The standard InChI is InChI=1S/C31H44N4O3S/c1-21-6-13-28(39-21)20-35(25-11-12-25)26-14-15-34(31(37)24-4-3-5-27(16-24)38-2)29(17-26)30(36)33-19-23-9-7-22(18-32)8-10-23/h3-6,13,16,22-23,25-26,29H,7-12,14-15,17-20,32H2,1-2H3,(H,33,36)/t22?,23?,26?,29-/m1/s1. The summed E-state index contributed by atoms with van der Waals surface area (Å²) in [5.74, 6) is 1.65. The molecule has 2 aromatic rings. The van der Waals surface area contributed by atoms with Crippen molar-refractivity contribution in [1.82, 2.24) is 15.1 Å². The van der Waals surface area contributed by atoms with Crippen molar-refractivity contribution in [2.45, 2.75) is 83.0 Å². The van der Waals surface area contributed by atoms with Crippen LogP contribution in [-0.4, -0.2) is 66.5 Å². The van der Waals surface area contributed by atoms with Gasteiger partial charge in [-0.25, -0.2) is 0 Å². The number of nitrogens with one attached hydrogen (secondary N) is 1. The van der Waals surface area contributed by atoms with Gasteiger partial charge in [-0.15, -0.1) is 11.3 Å². The summed E-state index contributed by atoms with van der Waals surface area (Å²) in [6.07, 6.45) is 8.48. The van der Waals surface area contributed by atoms with Crippen molar-refractivity contribution in [3.05, 3.63) is 51.7 Å². The van der Waals surface area contributed by atoms with Gasteiger partial charge in [0.1, 0.15) is 11.8 Å². The number of hydrogen-bond acceptors (Lipinski definition) is 6. The Morgan fingerprint density at radius 2 is 1.82 bits per heavy atom. The minimum absolute atomic E-state index is 0.0143. The predicted molar refractivity (Wildman–Crippen MR) is 156 cm³/mol. The van der Waals surface area contributed by atoms with E-state index in [1.807, 2.05) is 34.4 Å². The van der Waals surface area contributed by atoms with Gasteiger partial charge in [0, 0.05) is 47.0 Å². The number of aryl methyl sites for hydroxylation is 1. The number of piperidine rings is 1. The van der Waals surface area contributed by atoms with Crippen molar-refractivity contribution in [1.29, 1.82) is 0 Å². The number of methoxy groups -OCH3 is 1. The second kappa shape index (κ2) is 12.8. The Hall–Kier alpha value is -2.42. The molecule has 5 rings (SSSR count). The number of amides is 2. The van der Waals surface area contributed by atoms with Gasteiger partial charge in [0.15, 0.2) is 0 Å². The maximum absolute atomic E-state index is 13.8. The van der Waals surface area contributed by atoms with Gasteiger partial charge in [-0.3, -0.25) is 14.5 Å². The summed E-state index contributed by atoms with van der Waals surface area (Å²) in [6.45, 7) is 5.09. The van der Waals surface area contributed by atoms with Crippen LogP contribution in [0.5, 0.6) is 5.75 Å². The molecule has 212 valence electrons. The fourth-order valence-corrected chi connectivity index (χ4v) is 7.31. The van der Waals surface area contributed by atoms with Crippen molar-refractivity contribution in [3.8, 4) is 5.75 Å². The SMILES string of the molecule is COc1cccc(C(=O)N2CCC(N(Cc3ccc(C)s3)C3CC3)C[C@@H]2C(=O)NCC2CCC(CN)CC2)c1. The van der Waals surface area contributed by atoms with Crippen molar-refractivity contribution in [3.63, 3.8) is 0 Å². The van der Waals surface area contributed by atoms with Gasteiger partial charge in [-0.2, -0.15) is 0 Å². The molecule has 3 N–H and O–H groups in total. The van der Waals surface area contributed by atoms with Gasteiger partial charge in [-0.05, 0) is 107 Å². The quantitative estimate of drug-likeness (QED) is 0.450. The van der Waals surface area contributed by atoms with Gasteiger partial charge in [-0.1, -0.05) is 6.07 Å². The van der Waals surface area contributed by atoms with Crippen LogP contribution in [0.2, 0.25) is 0 Å². The lowest BCUT2D eigenvalue weighted by Gasteiger charge is -2.43. The molecule has 1 aromatic heterocycles. The molecule has 0 spiro atoms. The Morgan fingerprint density at radius 3 is 2.49 bits per heavy atom. The first-order valence-corrected chi connectivity index (χ1v) is 15.5. The van der Waals surface area contributed by atoms with Crippen LogP contribution in [0.3, 0.4) is 0 Å². The Kier molecular flexibility index (Phi) is 9.25. The van der Waals surface area contributed by atoms with E-state index in [0.717, 1.165) is 45.2 Å². The number of ether oxygens (including phenoxy) is 1. The highest BCUT2D eigenvalue weighted by Crippen LogP contribution is 2.36. The summed E-state index contributed by atoms with van der Waals surface area (Å²) in [4.78, 5) is 34.7. The largest absolute Gasteiger partial charge is 0.497 e. The predicted octanol–water partition coefficient (Wildman–Crippen LogP) is 4.58. The minimum Gasteiger partial charge on any atom is -0.497 e. The van der Waals surface area contributed by atoms with Crippen molar-refractivity contribution < 1.29 is 14.3 Å². The molecule has 1 aromatic carbocycles. The molecule has 2 amide bonds. The molecule has 2 saturated carbocycles. The van der Waals surface area contributed by atoms with E-state index in [4.69, 9.17) is 10.5 Å². The number of carbonyl (C=O) groups excluding carboxylic acids is 2. The van der Waals surface area contributed by atoms with E-state index in [0.29, 0.717) is 48.7 Å². The average molecular weight is 553 g/mol. The molecular weight excluding hydrogens is 508 g/mol. The second-order valence-corrected chi connectivity index (χ2v) is 13.1. The number of rotatable bonds is 10. The number of thiophene rings is 1. The fraction of sp³-hybridized carbons (Fsp3) is 0.613. The van der Waals surface area contributed by atoms with E-state index in [9.17, 15) is 9.59 Å². The summed E-state index contributed by atoms with van der Waals surface area (Å²) in [6, 6.07) is 12.1. The van der Waals surface area contributed by atoms with Crippen LogP contribution in [-0.2, 0) is 11.3 Å². The molecule has 1 unspecified atom stereocenters. The molecule has 2 heterocycles. The third kappa shape index (κ3) is 7.02. The van der Waals surface area contributed by atoms with E-state index in [-0.39, 0.29) is 17.9 Å². The highest BCUT2D eigenvalue weighted by Gasteiger charge is 2.42. The summed E-state index contributed by atoms with van der Waals surface area (Å²) in [5.41, 5.74) is 6.44. The van der Waals surface area contributed by atoms with E-state index in [1.165, 1.54) is 22.6 Å². The van der Waals surface area contributed by atoms with Crippen LogP contribution < -0.4 is 15.8 Å². The molecule has 3 aliphatic rings. The van der Waals surface area contributed by atoms with Crippen LogP contribution in [0.1, 0.15) is 71.5 Å². The van der Waals surface area contributed by atoms with E-state index in [2.05, 4.69) is 29.3 Å². The van der Waals surface area contributed by atoms with Gasteiger partial charge < -0.3 is 20.7 Å². The van der Waals surface area contributed by atoms with Crippen molar-refractivity contribution in [2.75, 3.05) is 26.7 Å². The number of likely N-dealkylation sites (tertiary alicyclic amines) is 1.